The van der Waals surface area contributed by atoms with Crippen molar-refractivity contribution in [1.82, 2.24) is 10.6 Å². The summed E-state index contributed by atoms with van der Waals surface area (Å²) in [6.45, 7) is 1.74. The number of anilines is 1. The Hall–Kier alpha value is -2.84. The Morgan fingerprint density at radius 1 is 0.976 bits per heavy atom. The molecule has 0 spiro atoms. The van der Waals surface area contributed by atoms with Gasteiger partial charge >= 0.3 is 12.4 Å². The molecule has 3 N–H and O–H groups in total. The lowest BCUT2D eigenvalue weighted by Gasteiger charge is -2.39. The zero-order chi connectivity index (χ0) is 30.4. The normalized spacial score (nSPS) is 22.0. The van der Waals surface area contributed by atoms with Gasteiger partial charge in [-0.15, -0.1) is 0 Å². The van der Waals surface area contributed by atoms with Gasteiger partial charge in [0.25, 0.3) is 15.6 Å². The fraction of sp³-hybridized carbons (Fsp3) is 0.519. The molecule has 2 aromatic carbocycles. The first-order chi connectivity index (χ1) is 19.0. The number of carbonyl (C=O) groups excluding carboxylic acids is 1. The van der Waals surface area contributed by atoms with Gasteiger partial charge in [0.1, 0.15) is 0 Å². The second-order valence-electron chi connectivity index (χ2n) is 10.6. The molecule has 2 aromatic rings. The van der Waals surface area contributed by atoms with Gasteiger partial charge in [-0.1, -0.05) is 29.8 Å². The van der Waals surface area contributed by atoms with Crippen LogP contribution in [0.1, 0.15) is 48.8 Å². The Morgan fingerprint density at radius 2 is 1.59 bits per heavy atom. The fourth-order valence-electron chi connectivity index (χ4n) is 5.56. The van der Waals surface area contributed by atoms with Gasteiger partial charge in [0.15, 0.2) is 0 Å². The molecule has 1 amide bonds. The van der Waals surface area contributed by atoms with Crippen LogP contribution in [0.25, 0.3) is 0 Å². The third-order valence-corrected chi connectivity index (χ3v) is 9.72. The van der Waals surface area contributed by atoms with E-state index in [0.717, 1.165) is 28.8 Å². The zero-order valence-corrected chi connectivity index (χ0v) is 23.1. The molecule has 3 unspecified atom stereocenters. The summed E-state index contributed by atoms with van der Waals surface area (Å²) in [6.07, 6.45) is -10.3. The van der Waals surface area contributed by atoms with Gasteiger partial charge < -0.3 is 15.7 Å². The lowest BCUT2D eigenvalue weighted by Crippen LogP contribution is -2.54. The molecule has 226 valence electrons. The highest BCUT2D eigenvalue weighted by Gasteiger charge is 2.71. The summed E-state index contributed by atoms with van der Waals surface area (Å²) in [4.78, 5) is 12.8. The van der Waals surface area contributed by atoms with Crippen LogP contribution in [0.3, 0.4) is 0 Å². The number of sulfonamides is 1. The molecule has 3 atom stereocenters. The number of nitrogens with one attached hydrogen (secondary N) is 2. The fourth-order valence-corrected chi connectivity index (χ4v) is 7.28. The number of rotatable bonds is 7. The van der Waals surface area contributed by atoms with Gasteiger partial charge in [-0.2, -0.15) is 26.3 Å². The van der Waals surface area contributed by atoms with E-state index in [0.29, 0.717) is 18.6 Å². The summed E-state index contributed by atoms with van der Waals surface area (Å²) in [6, 6.07) is 6.75. The van der Waals surface area contributed by atoms with Crippen LogP contribution in [-0.2, 0) is 26.8 Å². The molecule has 1 aliphatic carbocycles. The van der Waals surface area contributed by atoms with E-state index in [2.05, 4.69) is 10.6 Å². The molecule has 0 radical (unpaired) electrons. The first kappa shape index (κ1) is 31.1. The molecule has 1 fully saturated rings. The molecular formula is C27H31F6N3O4S. The maximum atomic E-state index is 13.9. The molecule has 1 heterocycles. The minimum Gasteiger partial charge on any atom is -0.369 e. The molecule has 14 heteroatoms. The summed E-state index contributed by atoms with van der Waals surface area (Å²) in [5.74, 6) is -0.413. The molecule has 1 saturated carbocycles. The molecule has 0 aromatic heterocycles. The minimum atomic E-state index is -6.09. The van der Waals surface area contributed by atoms with E-state index in [1.807, 2.05) is 7.05 Å². The highest BCUT2D eigenvalue weighted by atomic mass is 32.2. The molecule has 1 aliphatic heterocycles. The number of hydrogen-bond donors (Lipinski definition) is 3. The van der Waals surface area contributed by atoms with Crippen molar-refractivity contribution in [2.24, 2.45) is 0 Å². The van der Waals surface area contributed by atoms with E-state index in [-0.39, 0.29) is 47.5 Å². The number of nitrogens with zero attached hydrogens (tertiary/aromatic N) is 1. The average Bonchev–Trinajstić information content (AvgIpc) is 3.33. The third-order valence-electron chi connectivity index (χ3n) is 7.84. The Kier molecular flexibility index (Phi) is 8.42. The predicted molar refractivity (Wildman–Crippen MR) is 139 cm³/mol. The van der Waals surface area contributed by atoms with E-state index in [1.165, 1.54) is 12.1 Å². The van der Waals surface area contributed by atoms with Crippen LogP contribution in [0.5, 0.6) is 0 Å². The van der Waals surface area contributed by atoms with Gasteiger partial charge in [0, 0.05) is 24.1 Å². The number of benzene rings is 2. The Bertz CT molecular complexity index is 1360. The first-order valence-corrected chi connectivity index (χ1v) is 14.5. The van der Waals surface area contributed by atoms with Crippen molar-refractivity contribution in [3.63, 3.8) is 0 Å². The van der Waals surface area contributed by atoms with Crippen molar-refractivity contribution in [3.8, 4) is 0 Å². The average molecular weight is 608 g/mol. The number of aliphatic hydroxyl groups is 1. The highest BCUT2D eigenvalue weighted by Crippen LogP contribution is 2.51. The molecule has 2 aliphatic rings. The summed E-state index contributed by atoms with van der Waals surface area (Å²) in [5, 5.41) is 15.9. The van der Waals surface area contributed by atoms with E-state index in [1.54, 1.807) is 19.1 Å². The SMILES string of the molecule is CNC1CCC(NC(=O)CC2CCc3cc(C(O)(C(F)(F)F)C(F)(F)F)ccc3N2S(=O)(=O)c2ccc(C)cc2)C1. The predicted octanol–water partition coefficient (Wildman–Crippen LogP) is 4.46. The monoisotopic (exact) mass is 607 g/mol. The maximum absolute atomic E-state index is 13.9. The molecule has 4 rings (SSSR count). The van der Waals surface area contributed by atoms with Crippen molar-refractivity contribution in [3.05, 3.63) is 59.2 Å². The van der Waals surface area contributed by atoms with Gasteiger partial charge in [0.2, 0.25) is 5.91 Å². The summed E-state index contributed by atoms with van der Waals surface area (Å²) in [7, 11) is -2.58. The van der Waals surface area contributed by atoms with Gasteiger partial charge in [-0.25, -0.2) is 8.42 Å². The number of aryl methyl sites for hydroxylation is 2. The smallest absolute Gasteiger partial charge is 0.369 e. The van der Waals surface area contributed by atoms with Crippen LogP contribution in [0.15, 0.2) is 47.4 Å². The summed E-state index contributed by atoms with van der Waals surface area (Å²) < 4.78 is 110. The van der Waals surface area contributed by atoms with E-state index in [4.69, 9.17) is 0 Å². The van der Waals surface area contributed by atoms with E-state index >= 15 is 0 Å². The van der Waals surface area contributed by atoms with Crippen molar-refractivity contribution in [2.75, 3.05) is 11.4 Å². The minimum absolute atomic E-state index is 0.0464. The topological polar surface area (TPSA) is 98.7 Å². The van der Waals surface area contributed by atoms with E-state index in [9.17, 15) is 44.7 Å². The van der Waals surface area contributed by atoms with Crippen LogP contribution < -0.4 is 14.9 Å². The summed E-state index contributed by atoms with van der Waals surface area (Å²) >= 11 is 0. The second kappa shape index (κ2) is 11.1. The quantitative estimate of drug-likeness (QED) is 0.404. The Morgan fingerprint density at radius 3 is 2.15 bits per heavy atom. The van der Waals surface area contributed by atoms with Crippen molar-refractivity contribution in [1.29, 1.82) is 0 Å². The molecule has 0 bridgehead atoms. The molecule has 7 nitrogen and oxygen atoms in total. The lowest BCUT2D eigenvalue weighted by atomic mass is 9.87. The van der Waals surface area contributed by atoms with Crippen LogP contribution in [0, 0.1) is 6.92 Å². The zero-order valence-electron chi connectivity index (χ0n) is 22.3. The van der Waals surface area contributed by atoms with E-state index < -0.39 is 45.5 Å². The lowest BCUT2D eigenvalue weighted by molar-refractivity contribution is -0.376. The van der Waals surface area contributed by atoms with Gasteiger partial charge in [-0.05, 0) is 69.8 Å². The Labute approximate surface area is 234 Å². The van der Waals surface area contributed by atoms with Gasteiger partial charge in [-0.3, -0.25) is 9.10 Å². The molecule has 0 saturated heterocycles. The third kappa shape index (κ3) is 5.91. The largest absolute Gasteiger partial charge is 0.430 e. The van der Waals surface area contributed by atoms with Crippen molar-refractivity contribution >= 4 is 21.6 Å². The van der Waals surface area contributed by atoms with Crippen LogP contribution in [0.4, 0.5) is 32.0 Å². The second-order valence-corrected chi connectivity index (χ2v) is 12.4. The molecular weight excluding hydrogens is 576 g/mol. The number of hydrogen-bond acceptors (Lipinski definition) is 5. The van der Waals surface area contributed by atoms with Crippen LogP contribution in [-0.4, -0.2) is 57.0 Å². The van der Waals surface area contributed by atoms with Crippen LogP contribution in [0.2, 0.25) is 0 Å². The number of amides is 1. The van der Waals surface area contributed by atoms with Crippen LogP contribution >= 0.6 is 0 Å². The molecule has 41 heavy (non-hydrogen) atoms. The maximum Gasteiger partial charge on any atom is 0.430 e. The number of alkyl halides is 6. The van der Waals surface area contributed by atoms with Crippen molar-refractivity contribution < 1.29 is 44.7 Å². The highest BCUT2D eigenvalue weighted by molar-refractivity contribution is 7.92. The first-order valence-electron chi connectivity index (χ1n) is 13.1. The van der Waals surface area contributed by atoms with Crippen molar-refractivity contribution in [2.45, 2.75) is 86.4 Å². The standard InChI is InChI=1S/C27H31F6N3O4S/c1-16-3-10-22(11-4-16)41(39,40)36-21(15-24(37)35-20-8-7-19(14-20)34-2)9-5-17-13-18(6-12-23(17)36)25(38,26(28,29)30)27(31,32)33/h3-4,6,10-13,19-21,34,38H,5,7-9,14-15H2,1-2H3,(H,35,37). The summed E-state index contributed by atoms with van der Waals surface area (Å²) in [5.41, 5.74) is -6.14. The Balaban J connectivity index is 1.74. The van der Waals surface area contributed by atoms with Gasteiger partial charge in [0.05, 0.1) is 16.6 Å². The number of halogens is 6. The number of carbonyl (C=O) groups is 1. The number of fused-ring (bicyclic) bond motifs is 1.